The number of likely N-dealkylation sites (tertiary alicyclic amines) is 1. The summed E-state index contributed by atoms with van der Waals surface area (Å²) in [5.74, 6) is -0.0121. The number of benzene rings is 1. The first-order valence-electron chi connectivity index (χ1n) is 7.71. The second-order valence-electron chi connectivity index (χ2n) is 7.09. The number of piperidine rings is 1. The number of para-hydroxylation sites is 1. The van der Waals surface area contributed by atoms with E-state index in [-0.39, 0.29) is 12.0 Å². The van der Waals surface area contributed by atoms with Crippen LogP contribution in [0, 0.1) is 0 Å². The zero-order valence-electron chi connectivity index (χ0n) is 13.3. The standard InChI is InChI=1S/C17H22N2O3/c1-16(2,3)22-15(21)19-10-6-9-17(11-19)12-7-4-5-8-13(12)18-14(17)20/h4-5,7-8H,6,9-11H2,1-3H3,(H,18,20). The monoisotopic (exact) mass is 302 g/mol. The van der Waals surface area contributed by atoms with Gasteiger partial charge < -0.3 is 15.0 Å². The predicted octanol–water partition coefficient (Wildman–Crippen LogP) is 2.91. The number of hydrogen-bond acceptors (Lipinski definition) is 3. The SMILES string of the molecule is CC(C)(C)OC(=O)N1CCCC2(C1)C(=O)Nc1ccccc12. The van der Waals surface area contributed by atoms with Gasteiger partial charge in [0, 0.05) is 18.8 Å². The maximum atomic E-state index is 12.6. The molecular formula is C17H22N2O3. The minimum absolute atomic E-state index is 0.0121. The molecule has 0 bridgehead atoms. The van der Waals surface area contributed by atoms with Crippen molar-refractivity contribution < 1.29 is 14.3 Å². The first-order valence-corrected chi connectivity index (χ1v) is 7.71. The summed E-state index contributed by atoms with van der Waals surface area (Å²) in [7, 11) is 0. The molecule has 2 aliphatic rings. The van der Waals surface area contributed by atoms with Gasteiger partial charge in [0.25, 0.3) is 0 Å². The topological polar surface area (TPSA) is 58.6 Å². The van der Waals surface area contributed by atoms with Crippen LogP contribution in [0.4, 0.5) is 10.5 Å². The fourth-order valence-electron chi connectivity index (χ4n) is 3.32. The normalized spacial score (nSPS) is 24.1. The smallest absolute Gasteiger partial charge is 0.410 e. The molecule has 1 saturated heterocycles. The van der Waals surface area contributed by atoms with Crippen molar-refractivity contribution >= 4 is 17.7 Å². The number of ether oxygens (including phenoxy) is 1. The number of carbonyl (C=O) groups excluding carboxylic acids is 2. The number of hydrogen-bond donors (Lipinski definition) is 1. The molecule has 22 heavy (non-hydrogen) atoms. The molecule has 1 atom stereocenters. The van der Waals surface area contributed by atoms with Gasteiger partial charge in [0.05, 0.1) is 5.41 Å². The predicted molar refractivity (Wildman–Crippen MR) is 83.8 cm³/mol. The Kier molecular flexibility index (Phi) is 3.38. The summed E-state index contributed by atoms with van der Waals surface area (Å²) in [6.45, 7) is 6.56. The summed E-state index contributed by atoms with van der Waals surface area (Å²) in [5.41, 5.74) is 0.690. The van der Waals surface area contributed by atoms with Gasteiger partial charge in [-0.15, -0.1) is 0 Å². The highest BCUT2D eigenvalue weighted by Gasteiger charge is 2.50. The lowest BCUT2D eigenvalue weighted by molar-refractivity contribution is -0.122. The van der Waals surface area contributed by atoms with Crippen molar-refractivity contribution in [1.82, 2.24) is 4.90 Å². The third kappa shape index (κ3) is 2.45. The van der Waals surface area contributed by atoms with Crippen molar-refractivity contribution in [2.75, 3.05) is 18.4 Å². The molecular weight excluding hydrogens is 280 g/mol. The van der Waals surface area contributed by atoms with E-state index in [1.165, 1.54) is 0 Å². The van der Waals surface area contributed by atoms with E-state index < -0.39 is 11.0 Å². The van der Waals surface area contributed by atoms with Crippen LogP contribution < -0.4 is 5.32 Å². The molecule has 3 rings (SSSR count). The molecule has 1 unspecified atom stereocenters. The molecule has 2 amide bonds. The number of fused-ring (bicyclic) bond motifs is 2. The van der Waals surface area contributed by atoms with E-state index in [4.69, 9.17) is 4.74 Å². The van der Waals surface area contributed by atoms with Crippen LogP contribution in [0.2, 0.25) is 0 Å². The maximum Gasteiger partial charge on any atom is 0.410 e. The number of carbonyl (C=O) groups is 2. The van der Waals surface area contributed by atoms with E-state index in [9.17, 15) is 9.59 Å². The zero-order valence-corrected chi connectivity index (χ0v) is 13.3. The van der Waals surface area contributed by atoms with Crippen molar-refractivity contribution in [2.45, 2.75) is 44.6 Å². The Morgan fingerprint density at radius 3 is 2.77 bits per heavy atom. The Balaban J connectivity index is 1.87. The van der Waals surface area contributed by atoms with Gasteiger partial charge in [-0.2, -0.15) is 0 Å². The lowest BCUT2D eigenvalue weighted by Crippen LogP contribution is -2.52. The third-order valence-corrected chi connectivity index (χ3v) is 4.27. The molecule has 1 fully saturated rings. The van der Waals surface area contributed by atoms with E-state index in [1.807, 2.05) is 45.0 Å². The number of nitrogens with one attached hydrogen (secondary N) is 1. The van der Waals surface area contributed by atoms with Gasteiger partial charge in [-0.25, -0.2) is 4.79 Å². The summed E-state index contributed by atoms with van der Waals surface area (Å²) >= 11 is 0. The Hall–Kier alpha value is -2.04. The van der Waals surface area contributed by atoms with Crippen LogP contribution in [0.3, 0.4) is 0 Å². The number of nitrogens with zero attached hydrogens (tertiary/aromatic N) is 1. The van der Waals surface area contributed by atoms with Gasteiger partial charge in [-0.1, -0.05) is 18.2 Å². The van der Waals surface area contributed by atoms with Crippen LogP contribution in [0.25, 0.3) is 0 Å². The van der Waals surface area contributed by atoms with Crippen molar-refractivity contribution in [3.63, 3.8) is 0 Å². The first kappa shape index (κ1) is 14.9. The Morgan fingerprint density at radius 2 is 2.05 bits per heavy atom. The molecule has 0 saturated carbocycles. The molecule has 1 aromatic rings. The molecule has 2 aliphatic heterocycles. The van der Waals surface area contributed by atoms with Crippen LogP contribution in [0.5, 0.6) is 0 Å². The summed E-state index contributed by atoms with van der Waals surface area (Å²) in [5, 5.41) is 2.95. The van der Waals surface area contributed by atoms with Crippen LogP contribution in [0.15, 0.2) is 24.3 Å². The molecule has 1 spiro atoms. The van der Waals surface area contributed by atoms with E-state index in [0.29, 0.717) is 13.1 Å². The maximum absolute atomic E-state index is 12.6. The summed E-state index contributed by atoms with van der Waals surface area (Å²) in [6.07, 6.45) is 1.21. The second-order valence-corrected chi connectivity index (χ2v) is 7.09. The molecule has 5 heteroatoms. The number of rotatable bonds is 0. The van der Waals surface area contributed by atoms with E-state index in [1.54, 1.807) is 4.90 Å². The summed E-state index contributed by atoms with van der Waals surface area (Å²) in [4.78, 5) is 26.6. The zero-order chi connectivity index (χ0) is 16.0. The molecule has 2 heterocycles. The number of amides is 2. The van der Waals surface area contributed by atoms with Crippen molar-refractivity contribution in [3.05, 3.63) is 29.8 Å². The fraction of sp³-hybridized carbons (Fsp3) is 0.529. The molecule has 1 N–H and O–H groups in total. The van der Waals surface area contributed by atoms with Crippen molar-refractivity contribution in [2.24, 2.45) is 0 Å². The molecule has 1 aromatic carbocycles. The summed E-state index contributed by atoms with van der Waals surface area (Å²) < 4.78 is 5.46. The largest absolute Gasteiger partial charge is 0.444 e. The van der Waals surface area contributed by atoms with Crippen LogP contribution in [-0.2, 0) is 14.9 Å². The molecule has 118 valence electrons. The minimum Gasteiger partial charge on any atom is -0.444 e. The minimum atomic E-state index is -0.633. The molecule has 0 aromatic heterocycles. The quantitative estimate of drug-likeness (QED) is 0.801. The van der Waals surface area contributed by atoms with Gasteiger partial charge in [0.1, 0.15) is 5.60 Å². The molecule has 0 radical (unpaired) electrons. The van der Waals surface area contributed by atoms with Gasteiger partial charge in [-0.3, -0.25) is 4.79 Å². The van der Waals surface area contributed by atoms with Crippen LogP contribution >= 0.6 is 0 Å². The highest BCUT2D eigenvalue weighted by atomic mass is 16.6. The van der Waals surface area contributed by atoms with Crippen LogP contribution in [0.1, 0.15) is 39.2 Å². The van der Waals surface area contributed by atoms with E-state index >= 15 is 0 Å². The second kappa shape index (κ2) is 5.00. The van der Waals surface area contributed by atoms with Gasteiger partial charge >= 0.3 is 6.09 Å². The lowest BCUT2D eigenvalue weighted by Gasteiger charge is -2.39. The average molecular weight is 302 g/mol. The number of anilines is 1. The first-order chi connectivity index (χ1) is 10.3. The molecule has 0 aliphatic carbocycles. The van der Waals surface area contributed by atoms with Gasteiger partial charge in [0.15, 0.2) is 0 Å². The van der Waals surface area contributed by atoms with E-state index in [0.717, 1.165) is 24.1 Å². The van der Waals surface area contributed by atoms with E-state index in [2.05, 4.69) is 5.32 Å². The summed E-state index contributed by atoms with van der Waals surface area (Å²) in [6, 6.07) is 7.74. The fourth-order valence-corrected chi connectivity index (χ4v) is 3.32. The van der Waals surface area contributed by atoms with Crippen LogP contribution in [-0.4, -0.2) is 35.6 Å². The Bertz CT molecular complexity index is 621. The van der Waals surface area contributed by atoms with Crippen molar-refractivity contribution in [3.8, 4) is 0 Å². The Morgan fingerprint density at radius 1 is 1.32 bits per heavy atom. The van der Waals surface area contributed by atoms with Gasteiger partial charge in [-0.05, 0) is 45.2 Å². The highest BCUT2D eigenvalue weighted by molar-refractivity contribution is 6.06. The molecule has 5 nitrogen and oxygen atoms in total. The van der Waals surface area contributed by atoms with Crippen molar-refractivity contribution in [1.29, 1.82) is 0 Å². The average Bonchev–Trinajstić information content (AvgIpc) is 2.70. The lowest BCUT2D eigenvalue weighted by atomic mass is 9.75. The highest BCUT2D eigenvalue weighted by Crippen LogP contribution is 2.43. The Labute approximate surface area is 130 Å². The third-order valence-electron chi connectivity index (χ3n) is 4.27. The van der Waals surface area contributed by atoms with Gasteiger partial charge in [0.2, 0.25) is 5.91 Å².